The number of halogens is 2. The van der Waals surface area contributed by atoms with Gasteiger partial charge in [-0.05, 0) is 52.7 Å². The van der Waals surface area contributed by atoms with E-state index in [-0.39, 0.29) is 17.5 Å². The van der Waals surface area contributed by atoms with Crippen molar-refractivity contribution < 1.29 is 13.6 Å². The Labute approximate surface area is 128 Å². The molecule has 0 atom stereocenters. The van der Waals surface area contributed by atoms with Gasteiger partial charge in [0.05, 0.1) is 4.47 Å². The molecule has 0 fully saturated rings. The number of anilines is 1. The van der Waals surface area contributed by atoms with Crippen LogP contribution in [0.4, 0.5) is 10.1 Å². The third-order valence-electron chi connectivity index (χ3n) is 3.16. The van der Waals surface area contributed by atoms with Gasteiger partial charge in [0, 0.05) is 11.1 Å². The standard InChI is InChI=1S/C16H11BrFNO2/c1-9-6-12(18)11(17)8-13(9)19-16(20)15-7-10-4-2-3-5-14(10)21-15/h2-8H,1H3,(H,19,20). The first-order valence-corrected chi connectivity index (χ1v) is 7.09. The highest BCUT2D eigenvalue weighted by Gasteiger charge is 2.14. The van der Waals surface area contributed by atoms with E-state index in [0.29, 0.717) is 21.3 Å². The molecule has 0 spiro atoms. The van der Waals surface area contributed by atoms with Crippen LogP contribution in [0.15, 0.2) is 51.4 Å². The maximum absolute atomic E-state index is 13.4. The molecule has 106 valence electrons. The van der Waals surface area contributed by atoms with Crippen molar-refractivity contribution in [1.29, 1.82) is 0 Å². The number of carbonyl (C=O) groups excluding carboxylic acids is 1. The highest BCUT2D eigenvalue weighted by atomic mass is 79.9. The van der Waals surface area contributed by atoms with Crippen LogP contribution in [0.25, 0.3) is 11.0 Å². The second-order valence-electron chi connectivity index (χ2n) is 4.68. The molecule has 0 saturated heterocycles. The molecule has 3 rings (SSSR count). The van der Waals surface area contributed by atoms with Crippen LogP contribution in [-0.2, 0) is 0 Å². The van der Waals surface area contributed by atoms with E-state index in [0.717, 1.165) is 5.39 Å². The predicted octanol–water partition coefficient (Wildman–Crippen LogP) is 4.90. The SMILES string of the molecule is Cc1cc(F)c(Br)cc1NC(=O)c1cc2ccccc2o1. The number of benzene rings is 2. The molecule has 0 radical (unpaired) electrons. The van der Waals surface area contributed by atoms with E-state index in [9.17, 15) is 9.18 Å². The van der Waals surface area contributed by atoms with Gasteiger partial charge in [-0.1, -0.05) is 18.2 Å². The van der Waals surface area contributed by atoms with E-state index in [1.54, 1.807) is 19.1 Å². The summed E-state index contributed by atoms with van der Waals surface area (Å²) in [5, 5.41) is 3.59. The van der Waals surface area contributed by atoms with Gasteiger partial charge in [0.25, 0.3) is 5.91 Å². The topological polar surface area (TPSA) is 42.2 Å². The zero-order chi connectivity index (χ0) is 15.0. The van der Waals surface area contributed by atoms with Crippen molar-refractivity contribution in [3.8, 4) is 0 Å². The molecule has 0 unspecified atom stereocenters. The summed E-state index contributed by atoms with van der Waals surface area (Å²) in [5.74, 6) is -0.516. The Morgan fingerprint density at radius 1 is 1.24 bits per heavy atom. The molecule has 0 aliphatic carbocycles. The number of para-hydroxylation sites is 1. The second kappa shape index (κ2) is 5.33. The molecule has 0 bridgehead atoms. The fourth-order valence-electron chi connectivity index (χ4n) is 2.06. The van der Waals surface area contributed by atoms with Crippen molar-refractivity contribution in [1.82, 2.24) is 0 Å². The van der Waals surface area contributed by atoms with Crippen LogP contribution in [0.2, 0.25) is 0 Å². The summed E-state index contributed by atoms with van der Waals surface area (Å²) >= 11 is 3.10. The lowest BCUT2D eigenvalue weighted by atomic mass is 10.2. The fourth-order valence-corrected chi connectivity index (χ4v) is 2.40. The molecule has 3 aromatic rings. The maximum atomic E-state index is 13.4. The first-order chi connectivity index (χ1) is 10.0. The molecule has 21 heavy (non-hydrogen) atoms. The number of hydrogen-bond donors (Lipinski definition) is 1. The van der Waals surface area contributed by atoms with Gasteiger partial charge in [-0.2, -0.15) is 0 Å². The van der Waals surface area contributed by atoms with Crippen molar-refractivity contribution >= 4 is 38.5 Å². The number of furan rings is 1. The first-order valence-electron chi connectivity index (χ1n) is 6.30. The highest BCUT2D eigenvalue weighted by Crippen LogP contribution is 2.25. The van der Waals surface area contributed by atoms with Gasteiger partial charge in [0.2, 0.25) is 0 Å². The van der Waals surface area contributed by atoms with E-state index in [1.165, 1.54) is 12.1 Å². The summed E-state index contributed by atoms with van der Waals surface area (Å²) in [6.07, 6.45) is 0. The van der Waals surface area contributed by atoms with Crippen LogP contribution in [0.1, 0.15) is 16.1 Å². The lowest BCUT2D eigenvalue weighted by molar-refractivity contribution is 0.0998. The Morgan fingerprint density at radius 3 is 2.76 bits per heavy atom. The largest absolute Gasteiger partial charge is 0.451 e. The second-order valence-corrected chi connectivity index (χ2v) is 5.54. The number of fused-ring (bicyclic) bond motifs is 1. The summed E-state index contributed by atoms with van der Waals surface area (Å²) in [7, 11) is 0. The maximum Gasteiger partial charge on any atom is 0.291 e. The molecule has 2 aromatic carbocycles. The molecule has 1 amide bonds. The summed E-state index contributed by atoms with van der Waals surface area (Å²) in [6.45, 7) is 1.73. The van der Waals surface area contributed by atoms with Crippen LogP contribution in [0.5, 0.6) is 0 Å². The van der Waals surface area contributed by atoms with Gasteiger partial charge in [-0.15, -0.1) is 0 Å². The summed E-state index contributed by atoms with van der Waals surface area (Å²) in [5.41, 5.74) is 1.83. The fraction of sp³-hybridized carbons (Fsp3) is 0.0625. The Bertz CT molecular complexity index is 808. The van der Waals surface area contributed by atoms with Gasteiger partial charge in [0.1, 0.15) is 11.4 Å². The number of amides is 1. The molecule has 0 aliphatic heterocycles. The highest BCUT2D eigenvalue weighted by molar-refractivity contribution is 9.10. The smallest absolute Gasteiger partial charge is 0.291 e. The molecular formula is C16H11BrFNO2. The van der Waals surface area contributed by atoms with Crippen LogP contribution in [0.3, 0.4) is 0 Å². The number of aryl methyl sites for hydroxylation is 1. The Morgan fingerprint density at radius 2 is 2.00 bits per heavy atom. The first kappa shape index (κ1) is 13.8. The van der Waals surface area contributed by atoms with E-state index < -0.39 is 0 Å². The summed E-state index contributed by atoms with van der Waals surface area (Å²) < 4.78 is 19.2. The average molecular weight is 348 g/mol. The summed E-state index contributed by atoms with van der Waals surface area (Å²) in [4.78, 5) is 12.2. The monoisotopic (exact) mass is 347 g/mol. The van der Waals surface area contributed by atoms with Gasteiger partial charge in [-0.25, -0.2) is 4.39 Å². The van der Waals surface area contributed by atoms with E-state index in [2.05, 4.69) is 21.2 Å². The third-order valence-corrected chi connectivity index (χ3v) is 3.77. The van der Waals surface area contributed by atoms with Crippen molar-refractivity contribution in [2.45, 2.75) is 6.92 Å². The van der Waals surface area contributed by atoms with Crippen molar-refractivity contribution in [2.24, 2.45) is 0 Å². The van der Waals surface area contributed by atoms with Crippen molar-refractivity contribution in [3.05, 3.63) is 64.1 Å². The van der Waals surface area contributed by atoms with Gasteiger partial charge in [-0.3, -0.25) is 4.79 Å². The number of carbonyl (C=O) groups is 1. The molecule has 0 aliphatic rings. The Hall–Kier alpha value is -2.14. The normalized spacial score (nSPS) is 10.8. The Balaban J connectivity index is 1.91. The zero-order valence-electron chi connectivity index (χ0n) is 11.1. The molecule has 1 N–H and O–H groups in total. The minimum absolute atomic E-state index is 0.219. The minimum atomic E-state index is -0.368. The third kappa shape index (κ3) is 2.69. The quantitative estimate of drug-likeness (QED) is 0.716. The van der Waals surface area contributed by atoms with Gasteiger partial charge < -0.3 is 9.73 Å². The van der Waals surface area contributed by atoms with Gasteiger partial charge in [0.15, 0.2) is 5.76 Å². The molecule has 5 heteroatoms. The van der Waals surface area contributed by atoms with Crippen LogP contribution < -0.4 is 5.32 Å². The van der Waals surface area contributed by atoms with Crippen molar-refractivity contribution in [2.75, 3.05) is 5.32 Å². The molecule has 3 nitrogen and oxygen atoms in total. The van der Waals surface area contributed by atoms with Crippen LogP contribution >= 0.6 is 15.9 Å². The molecule has 0 saturated carbocycles. The van der Waals surface area contributed by atoms with E-state index in [4.69, 9.17) is 4.42 Å². The average Bonchev–Trinajstić information content (AvgIpc) is 2.88. The minimum Gasteiger partial charge on any atom is -0.451 e. The van der Waals surface area contributed by atoms with Crippen molar-refractivity contribution in [3.63, 3.8) is 0 Å². The lowest BCUT2D eigenvalue weighted by Crippen LogP contribution is -2.12. The van der Waals surface area contributed by atoms with Crippen LogP contribution in [0, 0.1) is 12.7 Å². The lowest BCUT2D eigenvalue weighted by Gasteiger charge is -2.08. The predicted molar refractivity (Wildman–Crippen MR) is 83.0 cm³/mol. The summed E-state index contributed by atoms with van der Waals surface area (Å²) in [6, 6.07) is 12.0. The Kier molecular flexibility index (Phi) is 3.51. The van der Waals surface area contributed by atoms with Gasteiger partial charge >= 0.3 is 0 Å². The number of rotatable bonds is 2. The zero-order valence-corrected chi connectivity index (χ0v) is 12.7. The molecule has 1 heterocycles. The molecular weight excluding hydrogens is 337 g/mol. The number of nitrogens with one attached hydrogen (secondary N) is 1. The molecule has 1 aromatic heterocycles. The number of hydrogen-bond acceptors (Lipinski definition) is 2. The van der Waals surface area contributed by atoms with E-state index in [1.807, 2.05) is 18.2 Å². The van der Waals surface area contributed by atoms with E-state index >= 15 is 0 Å². The van der Waals surface area contributed by atoms with Crippen LogP contribution in [-0.4, -0.2) is 5.91 Å².